The molecule has 0 radical (unpaired) electrons. The van der Waals surface area contributed by atoms with Crippen LogP contribution in [0.3, 0.4) is 0 Å². The molecule has 1 saturated heterocycles. The third-order valence-corrected chi connectivity index (χ3v) is 5.45. The van der Waals surface area contributed by atoms with Crippen molar-refractivity contribution in [3.63, 3.8) is 0 Å². The van der Waals surface area contributed by atoms with Crippen LogP contribution in [-0.4, -0.2) is 41.9 Å². The Morgan fingerprint density at radius 1 is 1.43 bits per heavy atom. The molecule has 1 aromatic rings. The molecule has 21 heavy (non-hydrogen) atoms. The molecule has 1 atom stereocenters. The number of halogens is 1. The zero-order chi connectivity index (χ0) is 15.6. The SMILES string of the molecule is O=[N+]([O-])c1ccc(S(=O)(=O)N2CCCCC2CO)cc1F. The fourth-order valence-corrected chi connectivity index (χ4v) is 4.10. The molecule has 1 fully saturated rings. The minimum atomic E-state index is -3.98. The average Bonchev–Trinajstić information content (AvgIpc) is 2.46. The summed E-state index contributed by atoms with van der Waals surface area (Å²) in [5.41, 5.74) is -0.772. The van der Waals surface area contributed by atoms with E-state index in [2.05, 4.69) is 0 Å². The summed E-state index contributed by atoms with van der Waals surface area (Å²) in [6, 6.07) is 1.96. The zero-order valence-corrected chi connectivity index (χ0v) is 11.9. The minimum Gasteiger partial charge on any atom is -0.395 e. The molecule has 2 rings (SSSR count). The summed E-state index contributed by atoms with van der Waals surface area (Å²) in [4.78, 5) is 9.30. The van der Waals surface area contributed by atoms with Gasteiger partial charge in [0.15, 0.2) is 0 Å². The second-order valence-corrected chi connectivity index (χ2v) is 6.71. The van der Waals surface area contributed by atoms with Gasteiger partial charge in [-0.1, -0.05) is 6.42 Å². The first-order valence-electron chi connectivity index (χ1n) is 6.44. The molecular formula is C12H15FN2O5S. The van der Waals surface area contributed by atoms with Gasteiger partial charge >= 0.3 is 5.69 Å². The van der Waals surface area contributed by atoms with Gasteiger partial charge in [0.2, 0.25) is 15.8 Å². The van der Waals surface area contributed by atoms with Crippen LogP contribution in [0.2, 0.25) is 0 Å². The number of aliphatic hydroxyl groups excluding tert-OH is 1. The predicted octanol–water partition coefficient (Wildman–Crippen LogP) is 1.27. The van der Waals surface area contributed by atoms with Gasteiger partial charge in [-0.25, -0.2) is 8.42 Å². The van der Waals surface area contributed by atoms with Gasteiger partial charge in [0, 0.05) is 24.7 Å². The van der Waals surface area contributed by atoms with Crippen LogP contribution in [0.25, 0.3) is 0 Å². The molecule has 1 heterocycles. The highest BCUT2D eigenvalue weighted by Crippen LogP contribution is 2.27. The van der Waals surface area contributed by atoms with Crippen molar-refractivity contribution in [1.82, 2.24) is 4.31 Å². The smallest absolute Gasteiger partial charge is 0.304 e. The van der Waals surface area contributed by atoms with Gasteiger partial charge in [0.25, 0.3) is 0 Å². The van der Waals surface area contributed by atoms with Gasteiger partial charge in [0.05, 0.1) is 16.4 Å². The highest BCUT2D eigenvalue weighted by Gasteiger charge is 2.34. The van der Waals surface area contributed by atoms with Crippen LogP contribution in [0.4, 0.5) is 10.1 Å². The van der Waals surface area contributed by atoms with Gasteiger partial charge in [-0.2, -0.15) is 8.70 Å². The van der Waals surface area contributed by atoms with E-state index in [0.29, 0.717) is 18.9 Å². The lowest BCUT2D eigenvalue weighted by atomic mass is 10.1. The van der Waals surface area contributed by atoms with Crippen molar-refractivity contribution in [2.75, 3.05) is 13.2 Å². The Balaban J connectivity index is 2.39. The summed E-state index contributed by atoms with van der Waals surface area (Å²) in [6.07, 6.45) is 2.00. The third-order valence-electron chi connectivity index (χ3n) is 3.51. The maximum atomic E-state index is 13.6. The summed E-state index contributed by atoms with van der Waals surface area (Å²) >= 11 is 0. The van der Waals surface area contributed by atoms with Gasteiger partial charge in [-0.3, -0.25) is 10.1 Å². The maximum Gasteiger partial charge on any atom is 0.304 e. The molecule has 0 spiro atoms. The van der Waals surface area contributed by atoms with E-state index in [9.17, 15) is 28.0 Å². The highest BCUT2D eigenvalue weighted by molar-refractivity contribution is 7.89. The van der Waals surface area contributed by atoms with Crippen molar-refractivity contribution in [2.45, 2.75) is 30.2 Å². The normalized spacial score (nSPS) is 20.4. The zero-order valence-electron chi connectivity index (χ0n) is 11.1. The lowest BCUT2D eigenvalue weighted by Gasteiger charge is -2.33. The molecular weight excluding hydrogens is 303 g/mol. The second kappa shape index (κ2) is 6.04. The van der Waals surface area contributed by atoms with Crippen LogP contribution in [0.1, 0.15) is 19.3 Å². The number of benzene rings is 1. The predicted molar refractivity (Wildman–Crippen MR) is 71.7 cm³/mol. The summed E-state index contributed by atoms with van der Waals surface area (Å²) < 4.78 is 39.7. The van der Waals surface area contributed by atoms with Crippen molar-refractivity contribution in [3.05, 3.63) is 34.1 Å². The minimum absolute atomic E-state index is 0.242. The van der Waals surface area contributed by atoms with Crippen molar-refractivity contribution in [3.8, 4) is 0 Å². The topological polar surface area (TPSA) is 101 Å². The fraction of sp³-hybridized carbons (Fsp3) is 0.500. The van der Waals surface area contributed by atoms with E-state index in [4.69, 9.17) is 0 Å². The van der Waals surface area contributed by atoms with Crippen molar-refractivity contribution < 1.29 is 22.8 Å². The van der Waals surface area contributed by atoms with Crippen LogP contribution in [-0.2, 0) is 10.0 Å². The van der Waals surface area contributed by atoms with Crippen LogP contribution < -0.4 is 0 Å². The molecule has 1 aliphatic heterocycles. The first-order valence-corrected chi connectivity index (χ1v) is 7.88. The van der Waals surface area contributed by atoms with E-state index in [1.165, 1.54) is 0 Å². The number of nitro benzene ring substituents is 1. The summed E-state index contributed by atoms with van der Waals surface area (Å²) in [5.74, 6) is -1.20. The number of hydrogen-bond acceptors (Lipinski definition) is 5. The standard InChI is InChI=1S/C12H15FN2O5S/c13-11-7-10(4-5-12(11)15(17)18)21(19,20)14-6-2-1-3-9(14)8-16/h4-5,7,9,16H,1-3,6,8H2. The largest absolute Gasteiger partial charge is 0.395 e. The number of nitrogens with zero attached hydrogens (tertiary/aromatic N) is 2. The lowest BCUT2D eigenvalue weighted by Crippen LogP contribution is -2.45. The molecule has 0 aromatic heterocycles. The Morgan fingerprint density at radius 2 is 2.14 bits per heavy atom. The van der Waals surface area contributed by atoms with Crippen LogP contribution in [0.15, 0.2) is 23.1 Å². The van der Waals surface area contributed by atoms with Gasteiger partial charge in [-0.15, -0.1) is 0 Å². The van der Waals surface area contributed by atoms with Crippen LogP contribution >= 0.6 is 0 Å². The molecule has 0 saturated carbocycles. The van der Waals surface area contributed by atoms with Crippen molar-refractivity contribution >= 4 is 15.7 Å². The Labute approximate surface area is 121 Å². The number of nitro groups is 1. The molecule has 9 heteroatoms. The van der Waals surface area contributed by atoms with E-state index in [-0.39, 0.29) is 18.0 Å². The van der Waals surface area contributed by atoms with E-state index in [1.54, 1.807) is 0 Å². The van der Waals surface area contributed by atoms with Crippen LogP contribution in [0, 0.1) is 15.9 Å². The van der Waals surface area contributed by atoms with E-state index < -0.39 is 32.5 Å². The monoisotopic (exact) mass is 318 g/mol. The summed E-state index contributed by atoms with van der Waals surface area (Å²) in [5, 5.41) is 19.8. The van der Waals surface area contributed by atoms with Gasteiger partial charge in [0.1, 0.15) is 0 Å². The molecule has 1 aliphatic rings. The Hall–Kier alpha value is -1.58. The summed E-state index contributed by atoms with van der Waals surface area (Å²) in [6.45, 7) is -0.0686. The Kier molecular flexibility index (Phi) is 4.55. The van der Waals surface area contributed by atoms with Gasteiger partial charge < -0.3 is 5.11 Å². The highest BCUT2D eigenvalue weighted by atomic mass is 32.2. The summed E-state index contributed by atoms with van der Waals surface area (Å²) in [7, 11) is -3.98. The fourth-order valence-electron chi connectivity index (χ4n) is 2.40. The Bertz CT molecular complexity index is 649. The van der Waals surface area contributed by atoms with Crippen LogP contribution in [0.5, 0.6) is 0 Å². The lowest BCUT2D eigenvalue weighted by molar-refractivity contribution is -0.387. The maximum absolute atomic E-state index is 13.6. The molecule has 1 N–H and O–H groups in total. The average molecular weight is 318 g/mol. The van der Waals surface area contributed by atoms with Gasteiger partial charge in [-0.05, 0) is 18.9 Å². The molecule has 0 aliphatic carbocycles. The number of rotatable bonds is 4. The third kappa shape index (κ3) is 3.04. The number of piperidine rings is 1. The first-order chi connectivity index (χ1) is 9.87. The molecule has 0 bridgehead atoms. The van der Waals surface area contributed by atoms with Crippen molar-refractivity contribution in [2.24, 2.45) is 0 Å². The molecule has 1 aromatic carbocycles. The molecule has 1 unspecified atom stereocenters. The van der Waals surface area contributed by atoms with Crippen molar-refractivity contribution in [1.29, 1.82) is 0 Å². The molecule has 0 amide bonds. The molecule has 116 valence electrons. The number of hydrogen-bond donors (Lipinski definition) is 1. The second-order valence-electron chi connectivity index (χ2n) is 4.82. The quantitative estimate of drug-likeness (QED) is 0.665. The molecule has 7 nitrogen and oxygen atoms in total. The number of sulfonamides is 1. The van der Waals surface area contributed by atoms with E-state index in [1.807, 2.05) is 0 Å². The first kappa shape index (κ1) is 15.8. The number of aliphatic hydroxyl groups is 1. The van der Waals surface area contributed by atoms with E-state index >= 15 is 0 Å². The Morgan fingerprint density at radius 3 is 2.71 bits per heavy atom. The van der Waals surface area contributed by atoms with E-state index in [0.717, 1.165) is 22.9 Å².